The number of amides is 2. The summed E-state index contributed by atoms with van der Waals surface area (Å²) in [5, 5.41) is 8.73. The number of rotatable bonds is 6. The number of ether oxygens (including phenoxy) is 3. The van der Waals surface area contributed by atoms with Gasteiger partial charge in [0.2, 0.25) is 0 Å². The van der Waals surface area contributed by atoms with E-state index in [0.29, 0.717) is 4.90 Å². The van der Waals surface area contributed by atoms with E-state index in [0.717, 1.165) is 13.2 Å². The molecule has 9 heteroatoms. The van der Waals surface area contributed by atoms with Crippen molar-refractivity contribution in [2.75, 3.05) is 13.7 Å². The molecule has 0 bridgehead atoms. The van der Waals surface area contributed by atoms with Gasteiger partial charge in [0.1, 0.15) is 17.2 Å². The third kappa shape index (κ3) is 9.93. The number of esters is 1. The highest BCUT2D eigenvalue weighted by molar-refractivity contribution is 5.94. The number of hydrogen-bond acceptors (Lipinski definition) is 7. The third-order valence-electron chi connectivity index (χ3n) is 2.93. The van der Waals surface area contributed by atoms with Crippen molar-refractivity contribution in [2.45, 2.75) is 71.6 Å². The molecule has 0 spiro atoms. The van der Waals surface area contributed by atoms with Crippen molar-refractivity contribution in [3.05, 3.63) is 11.9 Å². The number of halogens is 1. The number of nitrogens with zero attached hydrogens (tertiary/aromatic N) is 1. The van der Waals surface area contributed by atoms with Gasteiger partial charge in [0, 0.05) is 6.42 Å². The van der Waals surface area contributed by atoms with Crippen LogP contribution in [0.3, 0.4) is 0 Å². The molecule has 0 aromatic rings. The molecule has 156 valence electrons. The largest absolute Gasteiger partial charge is 0.467 e. The first-order chi connectivity index (χ1) is 12.2. The van der Waals surface area contributed by atoms with Gasteiger partial charge in [-0.1, -0.05) is 0 Å². The second-order valence-electron chi connectivity index (χ2n) is 7.74. The molecule has 1 N–H and O–H groups in total. The van der Waals surface area contributed by atoms with Crippen molar-refractivity contribution in [1.29, 1.82) is 0 Å². The van der Waals surface area contributed by atoms with E-state index < -0.39 is 47.8 Å². The zero-order valence-corrected chi connectivity index (χ0v) is 17.0. The van der Waals surface area contributed by atoms with Crippen molar-refractivity contribution in [2.24, 2.45) is 0 Å². The molecule has 0 saturated heterocycles. The summed E-state index contributed by atoms with van der Waals surface area (Å²) >= 11 is 0. The van der Waals surface area contributed by atoms with Crippen molar-refractivity contribution < 1.29 is 38.1 Å². The topological polar surface area (TPSA) is 102 Å². The van der Waals surface area contributed by atoms with Gasteiger partial charge in [-0.05, 0) is 54.0 Å². The van der Waals surface area contributed by atoms with Gasteiger partial charge in [0.15, 0.2) is 0 Å². The molecule has 27 heavy (non-hydrogen) atoms. The van der Waals surface area contributed by atoms with Gasteiger partial charge in [-0.25, -0.2) is 18.8 Å². The van der Waals surface area contributed by atoms with Gasteiger partial charge in [-0.3, -0.25) is 0 Å². The lowest BCUT2D eigenvalue weighted by Gasteiger charge is -2.32. The summed E-state index contributed by atoms with van der Waals surface area (Å²) < 4.78 is 28.7. The Morgan fingerprint density at radius 1 is 1.04 bits per heavy atom. The van der Waals surface area contributed by atoms with E-state index in [4.69, 9.17) is 14.6 Å². The quantitative estimate of drug-likeness (QED) is 0.547. The number of carbonyl (C=O) groups excluding carboxylic acids is 3. The molecule has 0 aromatic heterocycles. The number of carbonyl (C=O) groups is 3. The Morgan fingerprint density at radius 2 is 1.48 bits per heavy atom. The zero-order valence-electron chi connectivity index (χ0n) is 17.0. The summed E-state index contributed by atoms with van der Waals surface area (Å²) in [6.45, 7) is 9.04. The van der Waals surface area contributed by atoms with Crippen LogP contribution in [0.15, 0.2) is 11.9 Å². The normalized spacial score (nSPS) is 13.6. The second kappa shape index (κ2) is 10.2. The van der Waals surface area contributed by atoms with Crippen molar-refractivity contribution in [3.8, 4) is 0 Å². The van der Waals surface area contributed by atoms with Crippen LogP contribution in [-0.2, 0) is 19.0 Å². The molecular formula is C18H30FNO7. The van der Waals surface area contributed by atoms with E-state index in [1.807, 2.05) is 0 Å². The van der Waals surface area contributed by atoms with Crippen LogP contribution in [-0.4, -0.2) is 59.1 Å². The maximum atomic E-state index is 13.6. The summed E-state index contributed by atoms with van der Waals surface area (Å²) in [6.07, 6.45) is -1.88. The van der Waals surface area contributed by atoms with Gasteiger partial charge < -0.3 is 19.3 Å². The molecular weight excluding hydrogens is 361 g/mol. The first-order valence-electron chi connectivity index (χ1n) is 8.50. The fraction of sp³-hybridized carbons (Fsp3) is 0.722. The van der Waals surface area contributed by atoms with Gasteiger partial charge in [0.05, 0.1) is 19.5 Å². The lowest BCUT2D eigenvalue weighted by atomic mass is 10.1. The molecule has 0 saturated carbocycles. The van der Waals surface area contributed by atoms with Crippen molar-refractivity contribution in [3.63, 3.8) is 0 Å². The molecule has 2 amide bonds. The van der Waals surface area contributed by atoms with Gasteiger partial charge in [0.25, 0.3) is 0 Å². The predicted octanol–water partition coefficient (Wildman–Crippen LogP) is 3.33. The molecule has 0 rings (SSSR count). The van der Waals surface area contributed by atoms with Crippen LogP contribution in [0.4, 0.5) is 14.0 Å². The molecule has 0 aliphatic heterocycles. The lowest BCUT2D eigenvalue weighted by molar-refractivity contribution is -0.147. The molecule has 1 atom stereocenters. The molecule has 8 nitrogen and oxygen atoms in total. The van der Waals surface area contributed by atoms with Gasteiger partial charge in [-0.15, -0.1) is 0 Å². The predicted molar refractivity (Wildman–Crippen MR) is 95.6 cm³/mol. The maximum Gasteiger partial charge on any atom is 0.420 e. The van der Waals surface area contributed by atoms with Crippen LogP contribution >= 0.6 is 0 Å². The smallest absolute Gasteiger partial charge is 0.420 e. The zero-order chi connectivity index (χ0) is 21.4. The van der Waals surface area contributed by atoms with E-state index in [2.05, 4.69) is 4.74 Å². The van der Waals surface area contributed by atoms with Crippen LogP contribution in [0.1, 0.15) is 54.4 Å². The second-order valence-corrected chi connectivity index (χ2v) is 7.74. The highest BCUT2D eigenvalue weighted by atomic mass is 19.1. The Labute approximate surface area is 159 Å². The summed E-state index contributed by atoms with van der Waals surface area (Å²) in [6, 6.07) is -1.46. The Hall–Kier alpha value is -2.16. The van der Waals surface area contributed by atoms with Crippen LogP contribution in [0.2, 0.25) is 0 Å². The fourth-order valence-electron chi connectivity index (χ4n) is 1.92. The van der Waals surface area contributed by atoms with Crippen LogP contribution < -0.4 is 0 Å². The minimum atomic E-state index is -1.46. The monoisotopic (exact) mass is 391 g/mol. The Balaban J connectivity index is 5.81. The summed E-state index contributed by atoms with van der Waals surface area (Å²) in [7, 11) is 1.08. The number of allylic oxidation sites excluding steroid dienone is 1. The Bertz CT molecular complexity index is 533. The SMILES string of the molecule is COC(=O)[C@H](CC/C(F)=C/CO)N(C(=O)OC(C)(C)C)C(=O)OC(C)(C)C. The van der Waals surface area contributed by atoms with Crippen LogP contribution in [0.25, 0.3) is 0 Å². The molecule has 0 aliphatic carbocycles. The number of aliphatic hydroxyl groups is 1. The van der Waals surface area contributed by atoms with E-state index in [1.165, 1.54) is 0 Å². The van der Waals surface area contributed by atoms with E-state index in [9.17, 15) is 18.8 Å². The van der Waals surface area contributed by atoms with E-state index in [1.54, 1.807) is 41.5 Å². The van der Waals surface area contributed by atoms with E-state index >= 15 is 0 Å². The fourth-order valence-corrected chi connectivity index (χ4v) is 1.92. The average Bonchev–Trinajstić information content (AvgIpc) is 2.46. The molecule has 0 unspecified atom stereocenters. The van der Waals surface area contributed by atoms with Crippen LogP contribution in [0.5, 0.6) is 0 Å². The molecule has 0 aromatic carbocycles. The minimum Gasteiger partial charge on any atom is -0.467 e. The van der Waals surface area contributed by atoms with Crippen LogP contribution in [0, 0.1) is 0 Å². The number of hydrogen-bond donors (Lipinski definition) is 1. The standard InChI is InChI=1S/C18H30FNO7/c1-17(2,3)26-15(23)20(16(24)27-18(4,5)6)13(14(22)25-7)9-8-12(19)10-11-21/h10,13,21H,8-9,11H2,1-7H3/b12-10-/t13-/m0/s1. The molecule has 0 aliphatic rings. The number of imide groups is 1. The van der Waals surface area contributed by atoms with Crippen molar-refractivity contribution >= 4 is 18.2 Å². The highest BCUT2D eigenvalue weighted by Crippen LogP contribution is 2.21. The molecule has 0 fully saturated rings. The summed E-state index contributed by atoms with van der Waals surface area (Å²) in [4.78, 5) is 37.8. The highest BCUT2D eigenvalue weighted by Gasteiger charge is 2.40. The van der Waals surface area contributed by atoms with Gasteiger partial charge >= 0.3 is 18.2 Å². The first kappa shape index (κ1) is 24.8. The number of aliphatic hydroxyl groups excluding tert-OH is 1. The summed E-state index contributed by atoms with van der Waals surface area (Å²) in [5.41, 5.74) is -1.89. The molecule has 0 radical (unpaired) electrons. The Morgan fingerprint density at radius 3 is 1.81 bits per heavy atom. The number of methoxy groups -OCH3 is 1. The minimum absolute atomic E-state index is 0.270. The third-order valence-corrected chi connectivity index (χ3v) is 2.93. The Kier molecular flexibility index (Phi) is 9.43. The molecule has 0 heterocycles. The van der Waals surface area contributed by atoms with Crippen molar-refractivity contribution in [1.82, 2.24) is 4.90 Å². The maximum absolute atomic E-state index is 13.6. The average molecular weight is 391 g/mol. The summed E-state index contributed by atoms with van der Waals surface area (Å²) in [5.74, 6) is -1.62. The lowest BCUT2D eigenvalue weighted by Crippen LogP contribution is -2.52. The van der Waals surface area contributed by atoms with E-state index in [-0.39, 0.29) is 12.8 Å². The first-order valence-corrected chi connectivity index (χ1v) is 8.50. The van der Waals surface area contributed by atoms with Gasteiger partial charge in [-0.2, -0.15) is 4.90 Å².